The second-order valence-electron chi connectivity index (χ2n) is 3.88. The molecule has 0 unspecified atom stereocenters. The molecule has 2 aromatic rings. The SMILES string of the molecule is Cc1oc(CN)cc1S(=O)(=O)NCc1cccnn1. The van der Waals surface area contributed by atoms with E-state index in [2.05, 4.69) is 14.9 Å². The Hall–Kier alpha value is -1.77. The summed E-state index contributed by atoms with van der Waals surface area (Å²) in [5.74, 6) is 0.740. The third kappa shape index (κ3) is 3.16. The van der Waals surface area contributed by atoms with E-state index in [0.29, 0.717) is 17.2 Å². The summed E-state index contributed by atoms with van der Waals surface area (Å²) in [5.41, 5.74) is 5.95. The average Bonchev–Trinajstić information content (AvgIpc) is 2.80. The van der Waals surface area contributed by atoms with Gasteiger partial charge in [-0.3, -0.25) is 0 Å². The average molecular weight is 282 g/mol. The predicted octanol–water partition coefficient (Wildman–Crippen LogP) is 0.315. The number of rotatable bonds is 5. The minimum Gasteiger partial charge on any atom is -0.464 e. The van der Waals surface area contributed by atoms with Gasteiger partial charge in [0.15, 0.2) is 0 Å². The lowest BCUT2D eigenvalue weighted by molar-refractivity contribution is 0.478. The maximum Gasteiger partial charge on any atom is 0.244 e. The van der Waals surface area contributed by atoms with Crippen LogP contribution in [0.5, 0.6) is 0 Å². The molecule has 7 nitrogen and oxygen atoms in total. The number of hydrogen-bond donors (Lipinski definition) is 2. The molecule has 0 bridgehead atoms. The van der Waals surface area contributed by atoms with E-state index >= 15 is 0 Å². The van der Waals surface area contributed by atoms with Crippen LogP contribution >= 0.6 is 0 Å². The molecule has 0 aromatic carbocycles. The van der Waals surface area contributed by atoms with Crippen LogP contribution in [0.25, 0.3) is 0 Å². The number of nitrogens with zero attached hydrogens (tertiary/aromatic N) is 2. The maximum atomic E-state index is 12.1. The lowest BCUT2D eigenvalue weighted by Gasteiger charge is -2.04. The number of nitrogens with one attached hydrogen (secondary N) is 1. The molecule has 0 aliphatic heterocycles. The van der Waals surface area contributed by atoms with Crippen molar-refractivity contribution in [3.8, 4) is 0 Å². The van der Waals surface area contributed by atoms with Crippen LogP contribution in [0.15, 0.2) is 33.7 Å². The van der Waals surface area contributed by atoms with E-state index in [4.69, 9.17) is 10.2 Å². The molecule has 0 amide bonds. The minimum atomic E-state index is -3.65. The smallest absolute Gasteiger partial charge is 0.244 e. The monoisotopic (exact) mass is 282 g/mol. The van der Waals surface area contributed by atoms with Crippen LogP contribution < -0.4 is 10.5 Å². The molecule has 0 saturated carbocycles. The number of hydrogen-bond acceptors (Lipinski definition) is 6. The Kier molecular flexibility index (Phi) is 3.93. The summed E-state index contributed by atoms with van der Waals surface area (Å²) in [6.45, 7) is 1.80. The highest BCUT2D eigenvalue weighted by atomic mass is 32.2. The Morgan fingerprint density at radius 3 is 2.84 bits per heavy atom. The Labute approximate surface area is 110 Å². The minimum absolute atomic E-state index is 0.0682. The van der Waals surface area contributed by atoms with Crippen LogP contribution in [-0.4, -0.2) is 18.6 Å². The molecular weight excluding hydrogens is 268 g/mol. The largest absolute Gasteiger partial charge is 0.464 e. The van der Waals surface area contributed by atoms with Crippen LogP contribution in [0.3, 0.4) is 0 Å². The van der Waals surface area contributed by atoms with Gasteiger partial charge in [-0.25, -0.2) is 13.1 Å². The van der Waals surface area contributed by atoms with Crippen molar-refractivity contribution in [2.75, 3.05) is 0 Å². The quantitative estimate of drug-likeness (QED) is 0.816. The molecule has 19 heavy (non-hydrogen) atoms. The van der Waals surface area contributed by atoms with E-state index in [-0.39, 0.29) is 18.0 Å². The van der Waals surface area contributed by atoms with Gasteiger partial charge in [0, 0.05) is 12.3 Å². The zero-order valence-corrected chi connectivity index (χ0v) is 11.1. The van der Waals surface area contributed by atoms with E-state index in [9.17, 15) is 8.42 Å². The van der Waals surface area contributed by atoms with Crippen molar-refractivity contribution < 1.29 is 12.8 Å². The van der Waals surface area contributed by atoms with Crippen LogP contribution in [0.2, 0.25) is 0 Å². The van der Waals surface area contributed by atoms with Gasteiger partial charge in [0.2, 0.25) is 10.0 Å². The van der Waals surface area contributed by atoms with E-state index in [0.717, 1.165) is 0 Å². The summed E-state index contributed by atoms with van der Waals surface area (Å²) in [4.78, 5) is 0.0943. The molecule has 2 heterocycles. The van der Waals surface area contributed by atoms with Gasteiger partial charge in [0.25, 0.3) is 0 Å². The van der Waals surface area contributed by atoms with Gasteiger partial charge in [0.05, 0.1) is 18.8 Å². The normalized spacial score (nSPS) is 11.7. The lowest BCUT2D eigenvalue weighted by atomic mass is 10.4. The highest BCUT2D eigenvalue weighted by Crippen LogP contribution is 2.19. The molecule has 102 valence electrons. The molecule has 8 heteroatoms. The third-order valence-corrected chi connectivity index (χ3v) is 3.99. The predicted molar refractivity (Wildman–Crippen MR) is 67.4 cm³/mol. The highest BCUT2D eigenvalue weighted by Gasteiger charge is 2.20. The molecular formula is C11H14N4O3S. The highest BCUT2D eigenvalue weighted by molar-refractivity contribution is 7.89. The Bertz CT molecular complexity index is 652. The summed E-state index contributed by atoms with van der Waals surface area (Å²) in [7, 11) is -3.65. The number of aromatic nitrogens is 2. The van der Waals surface area contributed by atoms with Crippen molar-refractivity contribution in [1.82, 2.24) is 14.9 Å². The Morgan fingerprint density at radius 2 is 2.26 bits per heavy atom. The molecule has 0 saturated heterocycles. The third-order valence-electron chi connectivity index (χ3n) is 2.48. The molecule has 0 fully saturated rings. The fourth-order valence-electron chi connectivity index (χ4n) is 1.57. The number of furan rings is 1. The van der Waals surface area contributed by atoms with E-state index in [1.165, 1.54) is 12.3 Å². The molecule has 0 aliphatic carbocycles. The van der Waals surface area contributed by atoms with Gasteiger partial charge in [-0.05, 0) is 19.1 Å². The maximum absolute atomic E-state index is 12.1. The van der Waals surface area contributed by atoms with Gasteiger partial charge in [-0.15, -0.1) is 0 Å². The summed E-state index contributed by atoms with van der Waals surface area (Å²) >= 11 is 0. The van der Waals surface area contributed by atoms with Crippen molar-refractivity contribution in [2.24, 2.45) is 5.73 Å². The first-order valence-corrected chi connectivity index (χ1v) is 7.07. The molecule has 0 spiro atoms. The first-order chi connectivity index (χ1) is 9.03. The number of nitrogens with two attached hydrogens (primary N) is 1. The van der Waals surface area contributed by atoms with E-state index in [1.54, 1.807) is 19.1 Å². The standard InChI is InChI=1S/C11H14N4O3S/c1-8-11(5-10(6-12)18-8)19(16,17)14-7-9-3-2-4-13-15-9/h2-5,14H,6-7,12H2,1H3. The first kappa shape index (κ1) is 13.7. The number of aryl methyl sites for hydroxylation is 1. The number of sulfonamides is 1. The van der Waals surface area contributed by atoms with Crippen LogP contribution in [0.1, 0.15) is 17.2 Å². The van der Waals surface area contributed by atoms with Gasteiger partial charge in [-0.1, -0.05) is 0 Å². The van der Waals surface area contributed by atoms with Crippen molar-refractivity contribution in [3.05, 3.63) is 41.6 Å². The van der Waals surface area contributed by atoms with Gasteiger partial charge < -0.3 is 10.2 Å². The summed E-state index contributed by atoms with van der Waals surface area (Å²) < 4.78 is 31.9. The second-order valence-corrected chi connectivity index (χ2v) is 5.61. The Balaban J connectivity index is 2.16. The summed E-state index contributed by atoms with van der Waals surface area (Å²) in [6, 6.07) is 4.80. The Morgan fingerprint density at radius 1 is 1.47 bits per heavy atom. The van der Waals surface area contributed by atoms with Crippen molar-refractivity contribution >= 4 is 10.0 Å². The van der Waals surface area contributed by atoms with Crippen molar-refractivity contribution in [3.63, 3.8) is 0 Å². The fourth-order valence-corrected chi connectivity index (χ4v) is 2.77. The van der Waals surface area contributed by atoms with E-state index < -0.39 is 10.0 Å². The summed E-state index contributed by atoms with van der Waals surface area (Å²) in [6.07, 6.45) is 1.52. The second kappa shape index (κ2) is 5.47. The molecule has 2 aromatic heterocycles. The first-order valence-electron chi connectivity index (χ1n) is 5.58. The van der Waals surface area contributed by atoms with Gasteiger partial charge >= 0.3 is 0 Å². The van der Waals surface area contributed by atoms with Crippen LogP contribution in [0, 0.1) is 6.92 Å². The van der Waals surface area contributed by atoms with Gasteiger partial charge in [0.1, 0.15) is 16.4 Å². The summed E-state index contributed by atoms with van der Waals surface area (Å²) in [5, 5.41) is 7.47. The molecule has 3 N–H and O–H groups in total. The van der Waals surface area contributed by atoms with E-state index in [1.807, 2.05) is 0 Å². The zero-order chi connectivity index (χ0) is 13.9. The molecule has 0 radical (unpaired) electrons. The van der Waals surface area contributed by atoms with Crippen molar-refractivity contribution in [1.29, 1.82) is 0 Å². The fraction of sp³-hybridized carbons (Fsp3) is 0.273. The van der Waals surface area contributed by atoms with Crippen LogP contribution in [-0.2, 0) is 23.1 Å². The molecule has 0 aliphatic rings. The van der Waals surface area contributed by atoms with Gasteiger partial charge in [-0.2, -0.15) is 10.2 Å². The molecule has 0 atom stereocenters. The van der Waals surface area contributed by atoms with Crippen LogP contribution in [0.4, 0.5) is 0 Å². The molecule has 2 rings (SSSR count). The topological polar surface area (TPSA) is 111 Å². The zero-order valence-electron chi connectivity index (χ0n) is 10.3. The lowest BCUT2D eigenvalue weighted by Crippen LogP contribution is -2.24. The van der Waals surface area contributed by atoms with Crippen molar-refractivity contribution in [2.45, 2.75) is 24.9 Å².